The molecule has 0 spiro atoms. The predicted octanol–water partition coefficient (Wildman–Crippen LogP) is 3.46. The van der Waals surface area contributed by atoms with Gasteiger partial charge in [0.2, 0.25) is 0 Å². The number of benzene rings is 1. The van der Waals surface area contributed by atoms with Gasteiger partial charge in [-0.3, -0.25) is 4.99 Å². The fraction of sp³-hybridized carbons (Fsp3) is 0.667. The van der Waals surface area contributed by atoms with Crippen molar-refractivity contribution in [1.82, 2.24) is 10.2 Å². The Morgan fingerprint density at radius 2 is 2.07 bits per heavy atom. The van der Waals surface area contributed by atoms with E-state index in [0.717, 1.165) is 76.1 Å². The summed E-state index contributed by atoms with van der Waals surface area (Å²) in [6.07, 6.45) is 4.48. The lowest BCUT2D eigenvalue weighted by atomic mass is 9.74. The van der Waals surface area contributed by atoms with Crippen LogP contribution in [-0.4, -0.2) is 63.5 Å². The van der Waals surface area contributed by atoms with Crippen LogP contribution >= 0.6 is 11.6 Å². The first-order chi connectivity index (χ1) is 13.2. The molecule has 1 aromatic rings. The highest BCUT2D eigenvalue weighted by Crippen LogP contribution is 2.35. The van der Waals surface area contributed by atoms with Crippen molar-refractivity contribution in [2.45, 2.75) is 44.1 Å². The van der Waals surface area contributed by atoms with E-state index in [2.05, 4.69) is 34.3 Å². The van der Waals surface area contributed by atoms with Crippen LogP contribution in [0.3, 0.4) is 0 Å². The van der Waals surface area contributed by atoms with Gasteiger partial charge < -0.3 is 19.7 Å². The van der Waals surface area contributed by atoms with Crippen LogP contribution in [0.15, 0.2) is 29.3 Å². The predicted molar refractivity (Wildman–Crippen MR) is 111 cm³/mol. The number of guanidine groups is 1. The van der Waals surface area contributed by atoms with Crippen LogP contribution in [0.5, 0.6) is 0 Å². The molecule has 2 aliphatic heterocycles. The zero-order valence-electron chi connectivity index (χ0n) is 16.5. The quantitative estimate of drug-likeness (QED) is 0.614. The van der Waals surface area contributed by atoms with Crippen molar-refractivity contribution < 1.29 is 9.47 Å². The summed E-state index contributed by atoms with van der Waals surface area (Å²) in [6.45, 7) is 7.24. The van der Waals surface area contributed by atoms with Crippen LogP contribution in [-0.2, 0) is 14.9 Å². The minimum atomic E-state index is 0.0305. The molecule has 2 saturated heterocycles. The van der Waals surface area contributed by atoms with Gasteiger partial charge in [-0.25, -0.2) is 0 Å². The highest BCUT2D eigenvalue weighted by Gasteiger charge is 2.35. The molecule has 1 aromatic carbocycles. The van der Waals surface area contributed by atoms with E-state index in [0.29, 0.717) is 6.10 Å². The van der Waals surface area contributed by atoms with Crippen molar-refractivity contribution in [2.75, 3.05) is 46.5 Å². The second kappa shape index (κ2) is 9.76. The van der Waals surface area contributed by atoms with Crippen molar-refractivity contribution in [3.05, 3.63) is 34.9 Å². The highest BCUT2D eigenvalue weighted by atomic mass is 35.5. The lowest BCUT2D eigenvalue weighted by Crippen LogP contribution is -2.51. The molecule has 6 heteroatoms. The molecule has 0 aromatic heterocycles. The number of ether oxygens (including phenoxy) is 2. The van der Waals surface area contributed by atoms with Crippen LogP contribution in [0.1, 0.15) is 38.2 Å². The Bertz CT molecular complexity index is 624. The third-order valence-corrected chi connectivity index (χ3v) is 6.06. The number of likely N-dealkylation sites (tertiary alicyclic amines) is 1. The van der Waals surface area contributed by atoms with E-state index in [1.54, 1.807) is 0 Å². The van der Waals surface area contributed by atoms with Gasteiger partial charge in [0.25, 0.3) is 0 Å². The Kier molecular flexibility index (Phi) is 7.39. The molecule has 1 N–H and O–H groups in total. The number of hydrogen-bond donors (Lipinski definition) is 1. The molecule has 0 saturated carbocycles. The third kappa shape index (κ3) is 5.15. The molecule has 0 amide bonds. The van der Waals surface area contributed by atoms with E-state index < -0.39 is 0 Å². The van der Waals surface area contributed by atoms with Crippen LogP contribution < -0.4 is 5.32 Å². The fourth-order valence-electron chi connectivity index (χ4n) is 4.20. The summed E-state index contributed by atoms with van der Waals surface area (Å²) in [6, 6.07) is 8.27. The Balaban J connectivity index is 1.66. The minimum Gasteiger partial charge on any atom is -0.381 e. The van der Waals surface area contributed by atoms with E-state index >= 15 is 0 Å². The topological polar surface area (TPSA) is 46.1 Å². The van der Waals surface area contributed by atoms with Crippen molar-refractivity contribution in [1.29, 1.82) is 0 Å². The third-order valence-electron chi connectivity index (χ3n) is 5.83. The van der Waals surface area contributed by atoms with E-state index in [1.165, 1.54) is 5.56 Å². The van der Waals surface area contributed by atoms with E-state index in [4.69, 9.17) is 21.1 Å². The van der Waals surface area contributed by atoms with E-state index in [9.17, 15) is 0 Å². The first-order valence-electron chi connectivity index (χ1n) is 10.1. The molecular weight excluding hydrogens is 362 g/mol. The molecule has 2 heterocycles. The highest BCUT2D eigenvalue weighted by molar-refractivity contribution is 6.30. The number of nitrogens with zero attached hydrogens (tertiary/aromatic N) is 2. The van der Waals surface area contributed by atoms with Gasteiger partial charge in [0.1, 0.15) is 0 Å². The number of aliphatic imine (C=N–C) groups is 1. The number of piperidine rings is 1. The monoisotopic (exact) mass is 393 g/mol. The van der Waals surface area contributed by atoms with Gasteiger partial charge in [0, 0.05) is 56.9 Å². The molecule has 150 valence electrons. The smallest absolute Gasteiger partial charge is 0.193 e. The standard InChI is InChI=1S/C21H32ClN3O2/c1-3-27-19-7-11-25(12-8-19)20(23-2)24-16-21(9-13-26-14-10-21)17-5-4-6-18(22)15-17/h4-6,15,19H,3,7-14,16H2,1-2H3,(H,23,24). The minimum absolute atomic E-state index is 0.0305. The summed E-state index contributed by atoms with van der Waals surface area (Å²) in [4.78, 5) is 6.89. The van der Waals surface area contributed by atoms with Crippen molar-refractivity contribution >= 4 is 17.6 Å². The summed E-state index contributed by atoms with van der Waals surface area (Å²) in [7, 11) is 1.87. The molecular formula is C21H32ClN3O2. The van der Waals surface area contributed by atoms with Crippen LogP contribution in [0, 0.1) is 0 Å². The molecule has 0 atom stereocenters. The Labute approximate surface area is 168 Å². The summed E-state index contributed by atoms with van der Waals surface area (Å²) < 4.78 is 11.4. The van der Waals surface area contributed by atoms with Gasteiger partial charge in [-0.2, -0.15) is 0 Å². The zero-order chi connectivity index (χ0) is 19.1. The van der Waals surface area contributed by atoms with Gasteiger partial charge in [0.05, 0.1) is 6.10 Å². The SMILES string of the molecule is CCOC1CCN(C(=NC)NCC2(c3cccc(Cl)c3)CCOCC2)CC1. The lowest BCUT2D eigenvalue weighted by Gasteiger charge is -2.40. The summed E-state index contributed by atoms with van der Waals surface area (Å²) in [5, 5.41) is 4.44. The van der Waals surface area contributed by atoms with Gasteiger partial charge in [-0.05, 0) is 50.3 Å². The summed E-state index contributed by atoms with van der Waals surface area (Å²) in [5.74, 6) is 0.984. The van der Waals surface area contributed by atoms with E-state index in [-0.39, 0.29) is 5.41 Å². The molecule has 5 nitrogen and oxygen atoms in total. The van der Waals surface area contributed by atoms with Gasteiger partial charge in [-0.1, -0.05) is 23.7 Å². The molecule has 0 bridgehead atoms. The van der Waals surface area contributed by atoms with Crippen LogP contribution in [0.2, 0.25) is 5.02 Å². The first-order valence-corrected chi connectivity index (χ1v) is 10.5. The second-order valence-electron chi connectivity index (χ2n) is 7.45. The van der Waals surface area contributed by atoms with Crippen molar-refractivity contribution in [3.63, 3.8) is 0 Å². The maximum atomic E-state index is 6.28. The molecule has 0 radical (unpaired) electrons. The Hall–Kier alpha value is -1.30. The maximum Gasteiger partial charge on any atom is 0.193 e. The molecule has 0 aliphatic carbocycles. The van der Waals surface area contributed by atoms with Crippen LogP contribution in [0.4, 0.5) is 0 Å². The largest absolute Gasteiger partial charge is 0.381 e. The Morgan fingerprint density at radius 3 is 2.70 bits per heavy atom. The average Bonchev–Trinajstić information content (AvgIpc) is 2.70. The number of nitrogens with one attached hydrogen (secondary N) is 1. The van der Waals surface area contributed by atoms with Crippen molar-refractivity contribution in [2.24, 2.45) is 4.99 Å². The van der Waals surface area contributed by atoms with Gasteiger partial charge >= 0.3 is 0 Å². The molecule has 2 aliphatic rings. The average molecular weight is 394 g/mol. The van der Waals surface area contributed by atoms with Crippen molar-refractivity contribution in [3.8, 4) is 0 Å². The fourth-order valence-corrected chi connectivity index (χ4v) is 4.39. The molecule has 3 rings (SSSR count). The number of hydrogen-bond acceptors (Lipinski definition) is 3. The van der Waals surface area contributed by atoms with Gasteiger partial charge in [0.15, 0.2) is 5.96 Å². The van der Waals surface area contributed by atoms with Crippen LogP contribution in [0.25, 0.3) is 0 Å². The van der Waals surface area contributed by atoms with Gasteiger partial charge in [-0.15, -0.1) is 0 Å². The number of halogens is 1. The number of rotatable bonds is 5. The summed E-state index contributed by atoms with van der Waals surface area (Å²) >= 11 is 6.28. The Morgan fingerprint density at radius 1 is 1.33 bits per heavy atom. The summed E-state index contributed by atoms with van der Waals surface area (Å²) in [5.41, 5.74) is 1.32. The molecule has 0 unspecified atom stereocenters. The maximum absolute atomic E-state index is 6.28. The van der Waals surface area contributed by atoms with E-state index in [1.807, 2.05) is 19.2 Å². The zero-order valence-corrected chi connectivity index (χ0v) is 17.3. The molecule has 2 fully saturated rings. The normalized spacial score (nSPS) is 21.3. The first kappa shape index (κ1) is 20.4. The second-order valence-corrected chi connectivity index (χ2v) is 7.88. The molecule has 27 heavy (non-hydrogen) atoms. The lowest BCUT2D eigenvalue weighted by molar-refractivity contribution is 0.0259.